The van der Waals surface area contributed by atoms with Crippen LogP contribution in [-0.2, 0) is 0 Å². The minimum absolute atomic E-state index is 1.13. The summed E-state index contributed by atoms with van der Waals surface area (Å²) in [6.45, 7) is 9.99. The van der Waals surface area contributed by atoms with Crippen molar-refractivity contribution in [2.24, 2.45) is 4.99 Å². The van der Waals surface area contributed by atoms with Gasteiger partial charge in [-0.2, -0.15) is 0 Å². The van der Waals surface area contributed by atoms with Crippen LogP contribution in [0.3, 0.4) is 0 Å². The Morgan fingerprint density at radius 1 is 1.17 bits per heavy atom. The van der Waals surface area contributed by atoms with Crippen molar-refractivity contribution in [3.05, 3.63) is 29.7 Å². The average Bonchev–Trinajstić information content (AvgIpc) is 2.40. The molecule has 12 heavy (non-hydrogen) atoms. The fraction of sp³-hybridized carbons (Fsp3) is 0.455. The fourth-order valence-electron chi connectivity index (χ4n) is 0.463. The first-order valence-corrected chi connectivity index (χ1v) is 4.50. The molecular formula is C11H19N. The Hall–Kier alpha value is -1.07. The number of nitrogens with zero attached hydrogens (tertiary/aromatic N) is 1. The molecule has 0 N–H and O–H groups in total. The molecule has 1 aliphatic rings. The quantitative estimate of drug-likeness (QED) is 0.485. The summed E-state index contributed by atoms with van der Waals surface area (Å²) in [4.78, 5) is 3.92. The van der Waals surface area contributed by atoms with Gasteiger partial charge in [-0.1, -0.05) is 27.7 Å². The molecule has 0 aromatic rings. The highest BCUT2D eigenvalue weighted by Gasteiger charge is 1.77. The molecule has 1 heterocycles. The lowest BCUT2D eigenvalue weighted by molar-refractivity contribution is 1.45. The molecule has 1 heteroatoms. The molecular weight excluding hydrogens is 146 g/mol. The molecule has 0 fully saturated rings. The summed E-state index contributed by atoms with van der Waals surface area (Å²) in [5.41, 5.74) is 4.06. The van der Waals surface area contributed by atoms with E-state index in [0.717, 1.165) is 5.57 Å². The van der Waals surface area contributed by atoms with Crippen molar-refractivity contribution in [2.75, 3.05) is 0 Å². The van der Waals surface area contributed by atoms with Gasteiger partial charge >= 0.3 is 0 Å². The standard InChI is InChI=1S/C7H7N.2C2H6/c1-7-4-2-3-5-8-6-7;2*1-2/h3-6H,1H3;2*1-2H3. The van der Waals surface area contributed by atoms with Crippen LogP contribution in [0, 0.1) is 0 Å². The molecule has 0 unspecified atom stereocenters. The normalized spacial score (nSPS) is 11.6. The zero-order valence-electron chi connectivity index (χ0n) is 8.76. The van der Waals surface area contributed by atoms with Crippen molar-refractivity contribution in [2.45, 2.75) is 34.6 Å². The highest BCUT2D eigenvalue weighted by molar-refractivity contribution is 5.72. The molecule has 0 amide bonds. The van der Waals surface area contributed by atoms with Crippen LogP contribution in [0.4, 0.5) is 0 Å². The van der Waals surface area contributed by atoms with Gasteiger partial charge in [-0.05, 0) is 24.6 Å². The van der Waals surface area contributed by atoms with E-state index in [1.807, 2.05) is 40.7 Å². The maximum atomic E-state index is 3.92. The van der Waals surface area contributed by atoms with Crippen molar-refractivity contribution in [1.29, 1.82) is 0 Å². The van der Waals surface area contributed by atoms with Crippen molar-refractivity contribution < 1.29 is 0 Å². The van der Waals surface area contributed by atoms with E-state index in [0.29, 0.717) is 0 Å². The molecule has 68 valence electrons. The van der Waals surface area contributed by atoms with Crippen LogP contribution in [0.15, 0.2) is 34.6 Å². The summed E-state index contributed by atoms with van der Waals surface area (Å²) < 4.78 is 0. The Bertz CT molecular complexity index is 191. The lowest BCUT2D eigenvalue weighted by Gasteiger charge is -1.78. The van der Waals surface area contributed by atoms with Crippen LogP contribution in [0.1, 0.15) is 34.6 Å². The summed E-state index contributed by atoms with van der Waals surface area (Å²) in [5.74, 6) is 0. The van der Waals surface area contributed by atoms with E-state index in [1.54, 1.807) is 18.5 Å². The fourth-order valence-corrected chi connectivity index (χ4v) is 0.463. The highest BCUT2D eigenvalue weighted by Crippen LogP contribution is 1.94. The van der Waals surface area contributed by atoms with Crippen LogP contribution in [0.5, 0.6) is 0 Å². The summed E-state index contributed by atoms with van der Waals surface area (Å²) in [7, 11) is 0. The van der Waals surface area contributed by atoms with Crippen molar-refractivity contribution >= 4 is 6.21 Å². The van der Waals surface area contributed by atoms with Crippen LogP contribution in [0.25, 0.3) is 0 Å². The number of hydrogen-bond acceptors (Lipinski definition) is 1. The van der Waals surface area contributed by atoms with Gasteiger partial charge in [0, 0.05) is 12.4 Å². The lowest BCUT2D eigenvalue weighted by Crippen LogP contribution is -1.60. The summed E-state index contributed by atoms with van der Waals surface area (Å²) in [6, 6.07) is 0. The van der Waals surface area contributed by atoms with Gasteiger partial charge in [-0.25, -0.2) is 0 Å². The minimum Gasteiger partial charge on any atom is -0.264 e. The van der Waals surface area contributed by atoms with E-state index >= 15 is 0 Å². The highest BCUT2D eigenvalue weighted by atomic mass is 14.7. The topological polar surface area (TPSA) is 12.4 Å². The minimum atomic E-state index is 1.13. The van der Waals surface area contributed by atoms with Gasteiger partial charge in [0.25, 0.3) is 0 Å². The van der Waals surface area contributed by atoms with E-state index in [1.165, 1.54) is 0 Å². The second-order valence-electron chi connectivity index (χ2n) is 1.65. The van der Waals surface area contributed by atoms with E-state index in [-0.39, 0.29) is 0 Å². The predicted molar refractivity (Wildman–Crippen MR) is 57.6 cm³/mol. The first kappa shape index (κ1) is 13.5. The van der Waals surface area contributed by atoms with Crippen LogP contribution < -0.4 is 0 Å². The van der Waals surface area contributed by atoms with E-state index < -0.39 is 0 Å². The van der Waals surface area contributed by atoms with Crippen molar-refractivity contribution in [3.8, 4) is 0 Å². The molecule has 1 aliphatic heterocycles. The maximum absolute atomic E-state index is 3.92. The Kier molecular flexibility index (Phi) is 14.2. The first-order valence-electron chi connectivity index (χ1n) is 4.50. The predicted octanol–water partition coefficient (Wildman–Crippen LogP) is 3.74. The number of hydrogen-bond donors (Lipinski definition) is 0. The van der Waals surface area contributed by atoms with Gasteiger partial charge in [-0.3, -0.25) is 4.99 Å². The third-order valence-corrected chi connectivity index (χ3v) is 0.846. The molecule has 0 aromatic heterocycles. The molecule has 1 rings (SSSR count). The Balaban J connectivity index is 0. The van der Waals surface area contributed by atoms with Gasteiger partial charge in [0.05, 0.1) is 0 Å². The Labute approximate surface area is 76.2 Å². The number of allylic oxidation sites excluding steroid dienone is 2. The third kappa shape index (κ3) is 8.93. The van der Waals surface area contributed by atoms with Crippen LogP contribution in [0.2, 0.25) is 0 Å². The van der Waals surface area contributed by atoms with Gasteiger partial charge in [-0.15, -0.1) is 5.73 Å². The maximum Gasteiger partial charge on any atom is 0.0345 e. The van der Waals surface area contributed by atoms with E-state index in [2.05, 4.69) is 10.7 Å². The first-order chi connectivity index (χ1) is 5.89. The van der Waals surface area contributed by atoms with Crippen LogP contribution in [-0.4, -0.2) is 6.21 Å². The number of rotatable bonds is 0. The largest absolute Gasteiger partial charge is 0.264 e. The molecule has 0 aliphatic carbocycles. The molecule has 0 radical (unpaired) electrons. The monoisotopic (exact) mass is 165 g/mol. The van der Waals surface area contributed by atoms with Crippen LogP contribution >= 0.6 is 0 Å². The molecule has 1 nitrogen and oxygen atoms in total. The van der Waals surface area contributed by atoms with Gasteiger partial charge in [0.15, 0.2) is 0 Å². The second kappa shape index (κ2) is 12.6. The van der Waals surface area contributed by atoms with Gasteiger partial charge in [0.2, 0.25) is 0 Å². The average molecular weight is 165 g/mol. The molecule has 0 spiro atoms. The molecule has 0 saturated carbocycles. The van der Waals surface area contributed by atoms with E-state index in [4.69, 9.17) is 0 Å². The zero-order chi connectivity index (χ0) is 9.82. The Morgan fingerprint density at radius 2 is 1.75 bits per heavy atom. The second-order valence-corrected chi connectivity index (χ2v) is 1.65. The molecule has 0 atom stereocenters. The summed E-state index contributed by atoms with van der Waals surface area (Å²) in [6.07, 6.45) is 7.20. The molecule has 0 saturated heterocycles. The van der Waals surface area contributed by atoms with Gasteiger partial charge in [0.1, 0.15) is 0 Å². The third-order valence-electron chi connectivity index (χ3n) is 0.846. The van der Waals surface area contributed by atoms with Crippen molar-refractivity contribution in [1.82, 2.24) is 0 Å². The molecule has 0 bridgehead atoms. The zero-order valence-corrected chi connectivity index (χ0v) is 8.76. The number of aliphatic imine (C=N–C) groups is 1. The lowest BCUT2D eigenvalue weighted by atomic mass is 10.3. The SMILES string of the molecule is CC.CC.CC1=CN=CC=C=C1. The summed E-state index contributed by atoms with van der Waals surface area (Å²) >= 11 is 0. The molecule has 0 aromatic carbocycles. The van der Waals surface area contributed by atoms with Crippen molar-refractivity contribution in [3.63, 3.8) is 0 Å². The van der Waals surface area contributed by atoms with Gasteiger partial charge < -0.3 is 0 Å². The smallest absolute Gasteiger partial charge is 0.0345 e. The van der Waals surface area contributed by atoms with E-state index in [9.17, 15) is 0 Å². The Morgan fingerprint density at radius 3 is 2.33 bits per heavy atom. The summed E-state index contributed by atoms with van der Waals surface area (Å²) in [5, 5.41) is 0.